The molecule has 102 valence electrons. The van der Waals surface area contributed by atoms with E-state index in [-0.39, 0.29) is 0 Å². The quantitative estimate of drug-likeness (QED) is 0.928. The maximum atomic E-state index is 9.16. The number of hydrogen-bond acceptors (Lipinski definition) is 3. The van der Waals surface area contributed by atoms with Gasteiger partial charge in [0, 0.05) is 10.8 Å². The van der Waals surface area contributed by atoms with Gasteiger partial charge in [-0.1, -0.05) is 24.3 Å². The van der Waals surface area contributed by atoms with E-state index in [1.54, 1.807) is 0 Å². The van der Waals surface area contributed by atoms with Crippen LogP contribution in [-0.2, 0) is 0 Å². The number of ether oxygens (including phenoxy) is 1. The number of fused-ring (bicyclic) bond motifs is 1. The Balaban J connectivity index is 1.83. The van der Waals surface area contributed by atoms with Gasteiger partial charge in [-0.05, 0) is 44.0 Å². The van der Waals surface area contributed by atoms with E-state index in [2.05, 4.69) is 11.4 Å². The highest BCUT2D eigenvalue weighted by atomic mass is 16.5. The Kier molecular flexibility index (Phi) is 3.85. The molecule has 3 nitrogen and oxygen atoms in total. The fourth-order valence-electron chi connectivity index (χ4n) is 2.75. The van der Waals surface area contributed by atoms with Crippen molar-refractivity contribution in [3.63, 3.8) is 0 Å². The number of nitriles is 1. The van der Waals surface area contributed by atoms with Crippen LogP contribution in [0.2, 0.25) is 0 Å². The van der Waals surface area contributed by atoms with E-state index in [1.165, 1.54) is 12.8 Å². The predicted octanol–water partition coefficient (Wildman–Crippen LogP) is 3.09. The predicted molar refractivity (Wildman–Crippen MR) is 79.8 cm³/mol. The van der Waals surface area contributed by atoms with Crippen molar-refractivity contribution in [3.05, 3.63) is 42.0 Å². The Morgan fingerprint density at radius 1 is 1.10 bits per heavy atom. The van der Waals surface area contributed by atoms with Crippen LogP contribution in [-0.4, -0.2) is 19.7 Å². The van der Waals surface area contributed by atoms with Gasteiger partial charge in [-0.2, -0.15) is 5.26 Å². The Morgan fingerprint density at radius 2 is 1.85 bits per heavy atom. The Hall–Kier alpha value is -2.05. The summed E-state index contributed by atoms with van der Waals surface area (Å²) in [5.74, 6) is 1.52. The van der Waals surface area contributed by atoms with Crippen molar-refractivity contribution in [2.45, 2.75) is 12.8 Å². The summed E-state index contributed by atoms with van der Waals surface area (Å²) >= 11 is 0. The molecule has 0 atom stereocenters. The monoisotopic (exact) mass is 266 g/mol. The molecule has 3 heteroatoms. The molecule has 1 fully saturated rings. The van der Waals surface area contributed by atoms with Crippen LogP contribution in [0.4, 0.5) is 0 Å². The summed E-state index contributed by atoms with van der Waals surface area (Å²) in [4.78, 5) is 0. The second-order valence-electron chi connectivity index (χ2n) is 5.27. The maximum Gasteiger partial charge on any atom is 0.127 e. The topological polar surface area (TPSA) is 45.0 Å². The van der Waals surface area contributed by atoms with Crippen LogP contribution in [0, 0.1) is 17.2 Å². The summed E-state index contributed by atoms with van der Waals surface area (Å²) in [6.07, 6.45) is 2.35. The third-order valence-electron chi connectivity index (χ3n) is 3.94. The zero-order valence-corrected chi connectivity index (χ0v) is 11.4. The van der Waals surface area contributed by atoms with Gasteiger partial charge in [0.2, 0.25) is 0 Å². The van der Waals surface area contributed by atoms with Crippen LogP contribution in [0.5, 0.6) is 5.75 Å². The van der Waals surface area contributed by atoms with Crippen molar-refractivity contribution in [2.75, 3.05) is 19.7 Å². The fourth-order valence-corrected chi connectivity index (χ4v) is 2.75. The summed E-state index contributed by atoms with van der Waals surface area (Å²) in [5.41, 5.74) is 0.704. The number of rotatable bonds is 3. The molecule has 0 aromatic heterocycles. The summed E-state index contributed by atoms with van der Waals surface area (Å²) in [6, 6.07) is 13.9. The molecule has 0 aliphatic carbocycles. The maximum absolute atomic E-state index is 9.16. The molecule has 0 bridgehead atoms. The average molecular weight is 266 g/mol. The first kappa shape index (κ1) is 13.0. The first-order valence-corrected chi connectivity index (χ1v) is 7.14. The fraction of sp³-hybridized carbons (Fsp3) is 0.353. The van der Waals surface area contributed by atoms with E-state index < -0.39 is 0 Å². The van der Waals surface area contributed by atoms with Gasteiger partial charge in [-0.15, -0.1) is 0 Å². The molecule has 2 aromatic rings. The Bertz CT molecular complexity index is 639. The molecule has 0 amide bonds. The van der Waals surface area contributed by atoms with Gasteiger partial charge in [0.15, 0.2) is 0 Å². The van der Waals surface area contributed by atoms with Crippen molar-refractivity contribution >= 4 is 10.8 Å². The standard InChI is InChI=1S/C17H18N2O/c18-11-14-5-6-17(16-4-2-1-3-15(14)16)20-12-13-7-9-19-10-8-13/h1-6,13,19H,7-10,12H2. The minimum absolute atomic E-state index is 0.630. The number of nitrogens with one attached hydrogen (secondary N) is 1. The Labute approximate surface area is 119 Å². The zero-order chi connectivity index (χ0) is 13.8. The first-order chi connectivity index (χ1) is 9.88. The van der Waals surface area contributed by atoms with E-state index in [1.807, 2.05) is 36.4 Å². The summed E-state index contributed by atoms with van der Waals surface area (Å²) < 4.78 is 6.02. The zero-order valence-electron chi connectivity index (χ0n) is 11.4. The minimum atomic E-state index is 0.630. The number of nitrogens with zero attached hydrogens (tertiary/aromatic N) is 1. The van der Waals surface area contributed by atoms with Crippen LogP contribution in [0.15, 0.2) is 36.4 Å². The lowest BCUT2D eigenvalue weighted by molar-refractivity contribution is 0.217. The van der Waals surface area contributed by atoms with Crippen LogP contribution in [0.3, 0.4) is 0 Å². The van der Waals surface area contributed by atoms with Crippen molar-refractivity contribution in [3.8, 4) is 11.8 Å². The number of hydrogen-bond donors (Lipinski definition) is 1. The van der Waals surface area contributed by atoms with Crippen molar-refractivity contribution < 1.29 is 4.74 Å². The lowest BCUT2D eigenvalue weighted by Crippen LogP contribution is -2.30. The summed E-state index contributed by atoms with van der Waals surface area (Å²) in [5, 5.41) is 14.5. The third-order valence-corrected chi connectivity index (χ3v) is 3.94. The largest absolute Gasteiger partial charge is 0.493 e. The average Bonchev–Trinajstić information content (AvgIpc) is 2.53. The van der Waals surface area contributed by atoms with Crippen LogP contribution in [0.1, 0.15) is 18.4 Å². The number of piperidine rings is 1. The molecule has 20 heavy (non-hydrogen) atoms. The molecule has 1 aliphatic rings. The molecule has 0 unspecified atom stereocenters. The molecule has 3 rings (SSSR count). The van der Waals surface area contributed by atoms with Gasteiger partial charge in [0.05, 0.1) is 18.2 Å². The third kappa shape index (κ3) is 2.61. The van der Waals surface area contributed by atoms with Gasteiger partial charge in [-0.25, -0.2) is 0 Å². The van der Waals surface area contributed by atoms with Crippen molar-refractivity contribution in [1.82, 2.24) is 5.32 Å². The smallest absolute Gasteiger partial charge is 0.127 e. The van der Waals surface area contributed by atoms with Crippen molar-refractivity contribution in [2.24, 2.45) is 5.92 Å². The molecular weight excluding hydrogens is 248 g/mol. The molecule has 1 aliphatic heterocycles. The van der Waals surface area contributed by atoms with Gasteiger partial charge in [0.25, 0.3) is 0 Å². The SMILES string of the molecule is N#Cc1ccc(OCC2CCNCC2)c2ccccc12. The second kappa shape index (κ2) is 5.94. The highest BCUT2D eigenvalue weighted by Gasteiger charge is 2.14. The van der Waals surface area contributed by atoms with Gasteiger partial charge >= 0.3 is 0 Å². The molecule has 1 heterocycles. The lowest BCUT2D eigenvalue weighted by Gasteiger charge is -2.23. The molecule has 1 N–H and O–H groups in total. The van der Waals surface area contributed by atoms with Gasteiger partial charge in [-0.3, -0.25) is 0 Å². The molecule has 2 aromatic carbocycles. The van der Waals surface area contributed by atoms with Crippen molar-refractivity contribution in [1.29, 1.82) is 5.26 Å². The van der Waals surface area contributed by atoms with Crippen LogP contribution >= 0.6 is 0 Å². The second-order valence-corrected chi connectivity index (χ2v) is 5.27. The summed E-state index contributed by atoms with van der Waals surface area (Å²) in [6.45, 7) is 2.93. The van der Waals surface area contributed by atoms with E-state index in [4.69, 9.17) is 10.00 Å². The van der Waals surface area contributed by atoms with Gasteiger partial charge < -0.3 is 10.1 Å². The molecule has 0 saturated carbocycles. The highest BCUT2D eigenvalue weighted by molar-refractivity contribution is 5.92. The summed E-state index contributed by atoms with van der Waals surface area (Å²) in [7, 11) is 0. The highest BCUT2D eigenvalue weighted by Crippen LogP contribution is 2.29. The first-order valence-electron chi connectivity index (χ1n) is 7.14. The molecule has 0 spiro atoms. The van der Waals surface area contributed by atoms with E-state index in [0.29, 0.717) is 11.5 Å². The normalized spacial score (nSPS) is 15.9. The molecular formula is C17H18N2O. The lowest BCUT2D eigenvalue weighted by atomic mass is 9.99. The van der Waals surface area contributed by atoms with Gasteiger partial charge in [0.1, 0.15) is 5.75 Å². The molecule has 1 saturated heterocycles. The molecule has 0 radical (unpaired) electrons. The van der Waals surface area contributed by atoms with E-state index >= 15 is 0 Å². The van der Waals surface area contributed by atoms with Crippen LogP contribution in [0.25, 0.3) is 10.8 Å². The number of benzene rings is 2. The van der Waals surface area contributed by atoms with E-state index in [9.17, 15) is 0 Å². The Morgan fingerprint density at radius 3 is 2.60 bits per heavy atom. The van der Waals surface area contributed by atoms with E-state index in [0.717, 1.165) is 36.2 Å². The minimum Gasteiger partial charge on any atom is -0.493 e. The van der Waals surface area contributed by atoms with Crippen LogP contribution < -0.4 is 10.1 Å².